The molecule has 0 fully saturated rings. The molecule has 0 atom stereocenters. The molecule has 0 saturated heterocycles. The first-order chi connectivity index (χ1) is 12.8. The summed E-state index contributed by atoms with van der Waals surface area (Å²) in [6.07, 6.45) is 1.85. The highest BCUT2D eigenvalue weighted by molar-refractivity contribution is 5.97. The number of nitrogens with two attached hydrogens (primary N) is 1. The number of anilines is 1. The van der Waals surface area contributed by atoms with Crippen LogP contribution in [0.15, 0.2) is 79.0 Å². The average Bonchev–Trinajstić information content (AvgIpc) is 2.68. The molecule has 0 aliphatic rings. The van der Waals surface area contributed by atoms with Crippen molar-refractivity contribution in [3.8, 4) is 22.3 Å². The molecule has 0 amide bonds. The van der Waals surface area contributed by atoms with Gasteiger partial charge in [-0.15, -0.1) is 0 Å². The molecule has 0 aliphatic carbocycles. The molecule has 0 saturated carbocycles. The summed E-state index contributed by atoms with van der Waals surface area (Å²) in [5.74, 6) is 0.531. The van der Waals surface area contributed by atoms with Crippen molar-refractivity contribution in [3.05, 3.63) is 84.6 Å². The summed E-state index contributed by atoms with van der Waals surface area (Å²) in [5, 5.41) is 2.42. The van der Waals surface area contributed by atoms with Gasteiger partial charge in [0.05, 0.1) is 6.61 Å². The number of pyridine rings is 1. The van der Waals surface area contributed by atoms with Crippen molar-refractivity contribution in [2.45, 2.75) is 6.61 Å². The van der Waals surface area contributed by atoms with E-state index >= 15 is 0 Å². The Morgan fingerprint density at radius 3 is 2.54 bits per heavy atom. The predicted molar refractivity (Wildman–Crippen MR) is 108 cm³/mol. The normalized spacial score (nSPS) is 11.0. The Balaban J connectivity index is 1.85. The second kappa shape index (κ2) is 6.98. The van der Waals surface area contributed by atoms with Crippen molar-refractivity contribution in [2.24, 2.45) is 0 Å². The highest BCUT2D eigenvalue weighted by atomic mass is 16.5. The molecule has 3 nitrogen and oxygen atoms in total. The fourth-order valence-corrected chi connectivity index (χ4v) is 3.33. The molecule has 4 rings (SSSR count). The van der Waals surface area contributed by atoms with E-state index in [-0.39, 0.29) is 0 Å². The molecule has 3 heteroatoms. The molecule has 0 unspecified atom stereocenters. The first-order valence-electron chi connectivity index (χ1n) is 8.58. The van der Waals surface area contributed by atoms with Gasteiger partial charge in [0.25, 0.3) is 0 Å². The third-order valence-corrected chi connectivity index (χ3v) is 4.57. The van der Waals surface area contributed by atoms with E-state index in [1.165, 1.54) is 10.8 Å². The molecule has 0 spiro atoms. The number of nitrogens with zero attached hydrogens (tertiary/aromatic N) is 1. The average molecular weight is 340 g/mol. The second-order valence-electron chi connectivity index (χ2n) is 6.32. The zero-order valence-corrected chi connectivity index (χ0v) is 14.6. The van der Waals surface area contributed by atoms with Gasteiger partial charge in [0.15, 0.2) is 0 Å². The van der Waals surface area contributed by atoms with Gasteiger partial charge in [-0.1, -0.05) is 60.7 Å². The van der Waals surface area contributed by atoms with Crippen LogP contribution in [-0.4, -0.2) is 12.1 Å². The van der Waals surface area contributed by atoms with Crippen molar-refractivity contribution in [2.75, 3.05) is 12.8 Å². The number of ether oxygens (including phenoxy) is 1. The molecule has 128 valence electrons. The molecule has 2 N–H and O–H groups in total. The van der Waals surface area contributed by atoms with E-state index in [9.17, 15) is 0 Å². The second-order valence-corrected chi connectivity index (χ2v) is 6.32. The summed E-state index contributed by atoms with van der Waals surface area (Å²) in [5.41, 5.74) is 11.5. The van der Waals surface area contributed by atoms with E-state index in [0.717, 1.165) is 27.8 Å². The van der Waals surface area contributed by atoms with Crippen molar-refractivity contribution in [1.82, 2.24) is 4.98 Å². The van der Waals surface area contributed by atoms with Crippen molar-refractivity contribution >= 4 is 16.6 Å². The molecule has 26 heavy (non-hydrogen) atoms. The number of hydrogen-bond donors (Lipinski definition) is 1. The number of hydrogen-bond acceptors (Lipinski definition) is 3. The van der Waals surface area contributed by atoms with Gasteiger partial charge in [0.1, 0.15) is 5.82 Å². The Bertz CT molecular complexity index is 1070. The van der Waals surface area contributed by atoms with Crippen molar-refractivity contribution in [1.29, 1.82) is 0 Å². The third kappa shape index (κ3) is 3.05. The molecular weight excluding hydrogens is 320 g/mol. The summed E-state index contributed by atoms with van der Waals surface area (Å²) in [6.45, 7) is 0.574. The number of benzene rings is 3. The predicted octanol–water partition coefficient (Wildman–Crippen LogP) is 5.30. The Labute approximate surface area is 153 Å². The minimum Gasteiger partial charge on any atom is -0.383 e. The Morgan fingerprint density at radius 2 is 1.65 bits per heavy atom. The maximum atomic E-state index is 6.19. The molecule has 1 heterocycles. The number of nitrogen functional groups attached to an aromatic ring is 1. The molecule has 0 aliphatic heterocycles. The molecule has 4 aromatic rings. The third-order valence-electron chi connectivity index (χ3n) is 4.57. The van der Waals surface area contributed by atoms with Crippen molar-refractivity contribution in [3.63, 3.8) is 0 Å². The zero-order valence-electron chi connectivity index (χ0n) is 14.6. The maximum absolute atomic E-state index is 6.19. The fraction of sp³-hybridized carbons (Fsp3) is 0.0870. The highest BCUT2D eigenvalue weighted by Crippen LogP contribution is 2.33. The summed E-state index contributed by atoms with van der Waals surface area (Å²) < 4.78 is 5.24. The Morgan fingerprint density at radius 1 is 0.846 bits per heavy atom. The zero-order chi connectivity index (χ0) is 17.9. The first-order valence-corrected chi connectivity index (χ1v) is 8.58. The van der Waals surface area contributed by atoms with E-state index in [4.69, 9.17) is 10.5 Å². The van der Waals surface area contributed by atoms with Gasteiger partial charge in [-0.25, -0.2) is 4.98 Å². The fourth-order valence-electron chi connectivity index (χ4n) is 3.33. The number of methoxy groups -OCH3 is 1. The van der Waals surface area contributed by atoms with Crippen LogP contribution >= 0.6 is 0 Å². The monoisotopic (exact) mass is 340 g/mol. The lowest BCUT2D eigenvalue weighted by Gasteiger charge is -2.11. The largest absolute Gasteiger partial charge is 0.383 e. The minimum atomic E-state index is 0.531. The van der Waals surface area contributed by atoms with E-state index in [0.29, 0.717) is 12.4 Å². The molecular formula is C23H20N2O. The van der Waals surface area contributed by atoms with Crippen LogP contribution in [0.1, 0.15) is 5.56 Å². The lowest BCUT2D eigenvalue weighted by Crippen LogP contribution is -1.96. The topological polar surface area (TPSA) is 48.1 Å². The van der Waals surface area contributed by atoms with Crippen LogP contribution in [0.25, 0.3) is 33.0 Å². The van der Waals surface area contributed by atoms with Crippen molar-refractivity contribution < 1.29 is 4.74 Å². The molecule has 3 aromatic carbocycles. The highest BCUT2D eigenvalue weighted by Gasteiger charge is 2.10. The van der Waals surface area contributed by atoms with Gasteiger partial charge in [-0.05, 0) is 39.6 Å². The number of rotatable bonds is 4. The van der Waals surface area contributed by atoms with Gasteiger partial charge < -0.3 is 10.5 Å². The van der Waals surface area contributed by atoms with Crippen LogP contribution in [0, 0.1) is 0 Å². The SMILES string of the molecule is COCc1cccc(-c2cc(-c3cccc4ccccc34)cnc2N)c1. The van der Waals surface area contributed by atoms with Crippen LogP contribution in [0.4, 0.5) is 5.82 Å². The maximum Gasteiger partial charge on any atom is 0.131 e. The summed E-state index contributed by atoms with van der Waals surface area (Å²) >= 11 is 0. The number of fused-ring (bicyclic) bond motifs is 1. The van der Waals surface area contributed by atoms with Gasteiger partial charge in [0, 0.05) is 24.4 Å². The van der Waals surface area contributed by atoms with Crippen LogP contribution in [0.2, 0.25) is 0 Å². The summed E-state index contributed by atoms with van der Waals surface area (Å²) in [6, 6.07) is 25.1. The molecule has 0 radical (unpaired) electrons. The lowest BCUT2D eigenvalue weighted by molar-refractivity contribution is 0.185. The van der Waals surface area contributed by atoms with E-state index in [1.54, 1.807) is 7.11 Å². The van der Waals surface area contributed by atoms with Crippen LogP contribution < -0.4 is 5.73 Å². The van der Waals surface area contributed by atoms with E-state index < -0.39 is 0 Å². The molecule has 0 bridgehead atoms. The lowest BCUT2D eigenvalue weighted by atomic mass is 9.96. The van der Waals surface area contributed by atoms with Gasteiger partial charge in [0.2, 0.25) is 0 Å². The summed E-state index contributed by atoms with van der Waals surface area (Å²) in [4.78, 5) is 4.46. The van der Waals surface area contributed by atoms with Gasteiger partial charge in [-0.3, -0.25) is 0 Å². The standard InChI is InChI=1S/C23H20N2O/c1-26-15-16-6-4-9-18(12-16)22-13-19(14-25-23(22)24)21-11-5-8-17-7-2-3-10-20(17)21/h2-14H,15H2,1H3,(H2,24,25). The smallest absolute Gasteiger partial charge is 0.131 e. The summed E-state index contributed by atoms with van der Waals surface area (Å²) in [7, 11) is 1.70. The van der Waals surface area contributed by atoms with Gasteiger partial charge in [-0.2, -0.15) is 0 Å². The minimum absolute atomic E-state index is 0.531. The van der Waals surface area contributed by atoms with E-state index in [1.807, 2.05) is 18.3 Å². The van der Waals surface area contributed by atoms with Crippen LogP contribution in [0.3, 0.4) is 0 Å². The van der Waals surface area contributed by atoms with Gasteiger partial charge >= 0.3 is 0 Å². The first kappa shape index (κ1) is 16.3. The number of aromatic nitrogens is 1. The van der Waals surface area contributed by atoms with E-state index in [2.05, 4.69) is 65.6 Å². The quantitative estimate of drug-likeness (QED) is 0.548. The van der Waals surface area contributed by atoms with Crippen LogP contribution in [0.5, 0.6) is 0 Å². The Kier molecular flexibility index (Phi) is 4.38. The Hall–Kier alpha value is -3.17. The van der Waals surface area contributed by atoms with Crippen LogP contribution in [-0.2, 0) is 11.3 Å². The molecule has 1 aromatic heterocycles.